The Morgan fingerprint density at radius 3 is 1.09 bits per heavy atom. The highest BCUT2D eigenvalue weighted by Crippen LogP contribution is 2.47. The van der Waals surface area contributed by atoms with E-state index in [0.29, 0.717) is 0 Å². The molecule has 0 heteroatoms. The van der Waals surface area contributed by atoms with Gasteiger partial charge in [0.15, 0.2) is 0 Å². The maximum Gasteiger partial charge on any atom is -0.00261 e. The Kier molecular flexibility index (Phi) is 7.93. The van der Waals surface area contributed by atoms with Gasteiger partial charge < -0.3 is 0 Å². The number of fused-ring (bicyclic) bond motifs is 3. The summed E-state index contributed by atoms with van der Waals surface area (Å²) in [5, 5.41) is 7.51. The van der Waals surface area contributed by atoms with E-state index in [0.717, 1.165) is 0 Å². The Bertz CT molecular complexity index is 2910. The molecule has 54 heavy (non-hydrogen) atoms. The van der Waals surface area contributed by atoms with Crippen LogP contribution in [0.1, 0.15) is 0 Å². The van der Waals surface area contributed by atoms with Crippen LogP contribution in [0.5, 0.6) is 0 Å². The second kappa shape index (κ2) is 13.5. The summed E-state index contributed by atoms with van der Waals surface area (Å²) < 4.78 is 0. The predicted molar refractivity (Wildman–Crippen MR) is 232 cm³/mol. The maximum atomic E-state index is 2.45. The highest BCUT2D eigenvalue weighted by atomic mass is 14.2. The summed E-state index contributed by atoms with van der Waals surface area (Å²) in [6, 6.07) is 79.8. The van der Waals surface area contributed by atoms with Crippen LogP contribution in [0.3, 0.4) is 0 Å². The third-order valence-electron chi connectivity index (χ3n) is 10.9. The van der Waals surface area contributed by atoms with E-state index in [-0.39, 0.29) is 0 Å². The molecule has 0 aliphatic heterocycles. The van der Waals surface area contributed by atoms with E-state index in [1.165, 1.54) is 99.1 Å². The molecule has 0 saturated heterocycles. The number of hydrogen-bond acceptors (Lipinski definition) is 0. The molecule has 10 aromatic rings. The SMILES string of the molecule is c1ccc(-c2ccccc2-c2ccc(-c3c4ccccc4c(-c4ccc5ccccc5c4)c4ccccc34)cc2-c2ccccc2-c2ccccc2)cc1. The van der Waals surface area contributed by atoms with Gasteiger partial charge in [-0.3, -0.25) is 0 Å². The summed E-state index contributed by atoms with van der Waals surface area (Å²) in [6.45, 7) is 0. The first-order valence-corrected chi connectivity index (χ1v) is 18.7. The predicted octanol–water partition coefficient (Wildman–Crippen LogP) is 15.1. The molecular formula is C54H36. The zero-order valence-corrected chi connectivity index (χ0v) is 29.8. The first-order valence-electron chi connectivity index (χ1n) is 18.7. The lowest BCUT2D eigenvalue weighted by Gasteiger charge is -2.21. The van der Waals surface area contributed by atoms with Crippen LogP contribution in [0.25, 0.3) is 99.1 Å². The summed E-state index contributed by atoms with van der Waals surface area (Å²) >= 11 is 0. The van der Waals surface area contributed by atoms with Crippen molar-refractivity contribution in [3.63, 3.8) is 0 Å². The molecule has 0 radical (unpaired) electrons. The minimum absolute atomic E-state index is 1.20. The number of rotatable bonds is 6. The van der Waals surface area contributed by atoms with Gasteiger partial charge in [-0.2, -0.15) is 0 Å². The first kappa shape index (κ1) is 31.7. The molecule has 0 aliphatic carbocycles. The molecule has 0 amide bonds. The average molecular weight is 685 g/mol. The normalized spacial score (nSPS) is 11.3. The molecule has 10 aromatic carbocycles. The van der Waals surface area contributed by atoms with Crippen molar-refractivity contribution in [3.05, 3.63) is 218 Å². The van der Waals surface area contributed by atoms with Gasteiger partial charge in [-0.25, -0.2) is 0 Å². The van der Waals surface area contributed by atoms with Gasteiger partial charge in [0, 0.05) is 0 Å². The van der Waals surface area contributed by atoms with Crippen LogP contribution in [0.2, 0.25) is 0 Å². The monoisotopic (exact) mass is 684 g/mol. The molecule has 252 valence electrons. The summed E-state index contributed by atoms with van der Waals surface area (Å²) in [7, 11) is 0. The molecule has 0 spiro atoms. The summed E-state index contributed by atoms with van der Waals surface area (Å²) in [6.07, 6.45) is 0. The van der Waals surface area contributed by atoms with Crippen molar-refractivity contribution in [1.82, 2.24) is 0 Å². The fraction of sp³-hybridized carbons (Fsp3) is 0. The molecular weight excluding hydrogens is 649 g/mol. The van der Waals surface area contributed by atoms with Crippen LogP contribution in [-0.4, -0.2) is 0 Å². The minimum atomic E-state index is 1.20. The van der Waals surface area contributed by atoms with E-state index in [9.17, 15) is 0 Å². The van der Waals surface area contributed by atoms with Crippen LogP contribution in [0.4, 0.5) is 0 Å². The van der Waals surface area contributed by atoms with Gasteiger partial charge >= 0.3 is 0 Å². The van der Waals surface area contributed by atoms with E-state index >= 15 is 0 Å². The van der Waals surface area contributed by atoms with Gasteiger partial charge in [0.1, 0.15) is 0 Å². The van der Waals surface area contributed by atoms with E-state index < -0.39 is 0 Å². The Balaban J connectivity index is 1.27. The van der Waals surface area contributed by atoms with Gasteiger partial charge in [0.25, 0.3) is 0 Å². The van der Waals surface area contributed by atoms with Crippen molar-refractivity contribution in [2.45, 2.75) is 0 Å². The molecule has 0 heterocycles. The Hall–Kier alpha value is -7.02. The van der Waals surface area contributed by atoms with Crippen molar-refractivity contribution in [1.29, 1.82) is 0 Å². The third kappa shape index (κ3) is 5.48. The van der Waals surface area contributed by atoms with E-state index in [2.05, 4.69) is 218 Å². The lowest BCUT2D eigenvalue weighted by molar-refractivity contribution is 1.55. The highest BCUT2D eigenvalue weighted by Gasteiger charge is 2.20. The van der Waals surface area contributed by atoms with Crippen LogP contribution in [0.15, 0.2) is 218 Å². The topological polar surface area (TPSA) is 0 Å². The summed E-state index contributed by atoms with van der Waals surface area (Å²) in [5.41, 5.74) is 14.7. The Labute approximate surface area is 316 Å². The summed E-state index contributed by atoms with van der Waals surface area (Å²) in [5.74, 6) is 0. The van der Waals surface area contributed by atoms with E-state index in [4.69, 9.17) is 0 Å². The van der Waals surface area contributed by atoms with Crippen LogP contribution in [0, 0.1) is 0 Å². The second-order valence-electron chi connectivity index (χ2n) is 14.0. The largest absolute Gasteiger partial charge is 0.0622 e. The third-order valence-corrected chi connectivity index (χ3v) is 10.9. The molecule has 0 bridgehead atoms. The Morgan fingerprint density at radius 1 is 0.185 bits per heavy atom. The zero-order valence-electron chi connectivity index (χ0n) is 29.8. The first-order chi connectivity index (χ1) is 26.8. The van der Waals surface area contributed by atoms with Gasteiger partial charge in [-0.05, 0) is 111 Å². The lowest BCUT2D eigenvalue weighted by atomic mass is 9.82. The van der Waals surface area contributed by atoms with Crippen molar-refractivity contribution in [2.75, 3.05) is 0 Å². The maximum absolute atomic E-state index is 2.45. The van der Waals surface area contributed by atoms with Crippen molar-refractivity contribution >= 4 is 32.3 Å². The van der Waals surface area contributed by atoms with Crippen molar-refractivity contribution in [3.8, 4) is 66.8 Å². The molecule has 0 nitrogen and oxygen atoms in total. The molecule has 0 fully saturated rings. The standard InChI is InChI=1S/C54H36/c1-3-18-38(19-4-1)43-23-9-11-25-45(43)47-34-33-42(36-52(47)46-26-12-10-24-44(46)39-20-5-2-6-21-39)54-50-29-15-13-27-48(50)53(49-28-14-16-30-51(49)54)41-32-31-37-17-7-8-22-40(37)35-41/h1-36H. The Morgan fingerprint density at radius 2 is 0.556 bits per heavy atom. The van der Waals surface area contributed by atoms with Gasteiger partial charge in [-0.1, -0.05) is 206 Å². The lowest BCUT2D eigenvalue weighted by Crippen LogP contribution is -1.94. The molecule has 10 rings (SSSR count). The van der Waals surface area contributed by atoms with Crippen LogP contribution < -0.4 is 0 Å². The quantitative estimate of drug-likeness (QED) is 0.153. The van der Waals surface area contributed by atoms with Gasteiger partial charge in [0.05, 0.1) is 0 Å². The van der Waals surface area contributed by atoms with Crippen molar-refractivity contribution in [2.24, 2.45) is 0 Å². The fourth-order valence-corrected chi connectivity index (χ4v) is 8.43. The molecule has 0 aromatic heterocycles. The summed E-state index contributed by atoms with van der Waals surface area (Å²) in [4.78, 5) is 0. The smallest absolute Gasteiger partial charge is 0.00261 e. The number of hydrogen-bond donors (Lipinski definition) is 0. The van der Waals surface area contributed by atoms with Crippen molar-refractivity contribution < 1.29 is 0 Å². The van der Waals surface area contributed by atoms with E-state index in [1.54, 1.807) is 0 Å². The average Bonchev–Trinajstić information content (AvgIpc) is 3.26. The van der Waals surface area contributed by atoms with Gasteiger partial charge in [0.2, 0.25) is 0 Å². The molecule has 0 saturated carbocycles. The highest BCUT2D eigenvalue weighted by molar-refractivity contribution is 6.22. The minimum Gasteiger partial charge on any atom is -0.0622 e. The second-order valence-corrected chi connectivity index (χ2v) is 14.0. The zero-order chi connectivity index (χ0) is 35.8. The fourth-order valence-electron chi connectivity index (χ4n) is 8.43. The van der Waals surface area contributed by atoms with Crippen LogP contribution in [-0.2, 0) is 0 Å². The molecule has 0 atom stereocenters. The number of benzene rings is 10. The van der Waals surface area contributed by atoms with E-state index in [1.807, 2.05) is 0 Å². The molecule has 0 aliphatic rings. The molecule has 0 N–H and O–H groups in total. The van der Waals surface area contributed by atoms with Crippen LogP contribution >= 0.6 is 0 Å². The molecule has 0 unspecified atom stereocenters. The van der Waals surface area contributed by atoms with Gasteiger partial charge in [-0.15, -0.1) is 0 Å².